The second-order valence-electron chi connectivity index (χ2n) is 3.18. The molecule has 1 heteroatoms. The summed E-state index contributed by atoms with van der Waals surface area (Å²) in [6.07, 6.45) is 3.90. The van der Waals surface area contributed by atoms with Crippen LogP contribution in [-0.4, -0.2) is 5.11 Å². The molecule has 1 saturated carbocycles. The SMILES string of the molecule is OC(C=C1CC1)c1ccccc1. The number of aliphatic hydroxyl groups is 1. The first kappa shape index (κ1) is 7.56. The topological polar surface area (TPSA) is 20.2 Å². The van der Waals surface area contributed by atoms with Gasteiger partial charge in [-0.2, -0.15) is 0 Å². The molecule has 0 aliphatic heterocycles. The van der Waals surface area contributed by atoms with Crippen LogP contribution >= 0.6 is 0 Å². The molecular weight excluding hydrogens is 148 g/mol. The second-order valence-corrected chi connectivity index (χ2v) is 3.18. The highest BCUT2D eigenvalue weighted by atomic mass is 16.3. The summed E-state index contributed by atoms with van der Waals surface area (Å²) in [5, 5.41) is 9.65. The molecule has 0 radical (unpaired) electrons. The third-order valence-electron chi connectivity index (χ3n) is 2.07. The van der Waals surface area contributed by atoms with Gasteiger partial charge in [0, 0.05) is 0 Å². The average molecular weight is 160 g/mol. The number of allylic oxidation sites excluding steroid dienone is 1. The van der Waals surface area contributed by atoms with Gasteiger partial charge in [0.15, 0.2) is 0 Å². The van der Waals surface area contributed by atoms with E-state index in [2.05, 4.69) is 0 Å². The Hall–Kier alpha value is -1.08. The summed E-state index contributed by atoms with van der Waals surface area (Å²) in [5.41, 5.74) is 2.36. The number of hydrogen-bond acceptors (Lipinski definition) is 1. The fourth-order valence-corrected chi connectivity index (χ4v) is 1.21. The first-order valence-corrected chi connectivity index (χ1v) is 4.29. The molecule has 1 fully saturated rings. The van der Waals surface area contributed by atoms with Crippen molar-refractivity contribution in [2.24, 2.45) is 0 Å². The third-order valence-corrected chi connectivity index (χ3v) is 2.07. The Bertz CT molecular complexity index is 281. The van der Waals surface area contributed by atoms with Crippen LogP contribution in [0.15, 0.2) is 42.0 Å². The smallest absolute Gasteiger partial charge is 0.0974 e. The number of rotatable bonds is 2. The van der Waals surface area contributed by atoms with Gasteiger partial charge < -0.3 is 5.11 Å². The zero-order valence-corrected chi connectivity index (χ0v) is 6.90. The lowest BCUT2D eigenvalue weighted by Gasteiger charge is -2.03. The Kier molecular flexibility index (Phi) is 1.96. The molecule has 1 aliphatic carbocycles. The normalized spacial score (nSPS) is 17.2. The molecule has 1 N–H and O–H groups in total. The maximum absolute atomic E-state index is 9.65. The van der Waals surface area contributed by atoms with Crippen molar-refractivity contribution in [3.8, 4) is 0 Å². The Morgan fingerprint density at radius 2 is 1.83 bits per heavy atom. The van der Waals surface area contributed by atoms with E-state index in [0.717, 1.165) is 5.56 Å². The molecule has 0 saturated heterocycles. The summed E-state index contributed by atoms with van der Waals surface area (Å²) >= 11 is 0. The van der Waals surface area contributed by atoms with Gasteiger partial charge in [0.2, 0.25) is 0 Å². The van der Waals surface area contributed by atoms with Crippen LogP contribution in [-0.2, 0) is 0 Å². The van der Waals surface area contributed by atoms with Crippen molar-refractivity contribution in [3.05, 3.63) is 47.5 Å². The lowest BCUT2D eigenvalue weighted by molar-refractivity contribution is 0.228. The summed E-state index contributed by atoms with van der Waals surface area (Å²) in [6.45, 7) is 0. The van der Waals surface area contributed by atoms with E-state index in [-0.39, 0.29) is 0 Å². The van der Waals surface area contributed by atoms with Crippen LogP contribution in [0.25, 0.3) is 0 Å². The first-order chi connectivity index (χ1) is 5.86. The van der Waals surface area contributed by atoms with Crippen molar-refractivity contribution in [2.75, 3.05) is 0 Å². The monoisotopic (exact) mass is 160 g/mol. The van der Waals surface area contributed by atoms with Gasteiger partial charge in [0.25, 0.3) is 0 Å². The van der Waals surface area contributed by atoms with E-state index in [1.807, 2.05) is 36.4 Å². The molecule has 1 unspecified atom stereocenters. The second kappa shape index (κ2) is 3.11. The van der Waals surface area contributed by atoms with Crippen LogP contribution in [0, 0.1) is 0 Å². The Labute approximate surface area is 72.4 Å². The number of benzene rings is 1. The minimum absolute atomic E-state index is 0.399. The van der Waals surface area contributed by atoms with E-state index in [1.165, 1.54) is 18.4 Å². The van der Waals surface area contributed by atoms with Crippen LogP contribution in [0.5, 0.6) is 0 Å². The lowest BCUT2D eigenvalue weighted by atomic mass is 10.1. The Morgan fingerprint density at radius 3 is 2.42 bits per heavy atom. The molecule has 1 atom stereocenters. The summed E-state index contributed by atoms with van der Waals surface area (Å²) < 4.78 is 0. The first-order valence-electron chi connectivity index (χ1n) is 4.29. The maximum Gasteiger partial charge on any atom is 0.0974 e. The minimum Gasteiger partial charge on any atom is -0.384 e. The summed E-state index contributed by atoms with van der Waals surface area (Å²) in [5.74, 6) is 0. The molecule has 0 aromatic heterocycles. The Morgan fingerprint density at radius 1 is 1.17 bits per heavy atom. The largest absolute Gasteiger partial charge is 0.384 e. The van der Waals surface area contributed by atoms with E-state index >= 15 is 0 Å². The molecule has 1 nitrogen and oxygen atoms in total. The van der Waals surface area contributed by atoms with E-state index in [1.54, 1.807) is 0 Å². The molecular formula is C11H12O. The van der Waals surface area contributed by atoms with E-state index in [0.29, 0.717) is 0 Å². The van der Waals surface area contributed by atoms with Gasteiger partial charge >= 0.3 is 0 Å². The van der Waals surface area contributed by atoms with Gasteiger partial charge in [-0.25, -0.2) is 0 Å². The van der Waals surface area contributed by atoms with Crippen molar-refractivity contribution < 1.29 is 5.11 Å². The quantitative estimate of drug-likeness (QED) is 0.659. The number of aliphatic hydroxyl groups excluding tert-OH is 1. The van der Waals surface area contributed by atoms with E-state index < -0.39 is 6.10 Å². The molecule has 12 heavy (non-hydrogen) atoms. The van der Waals surface area contributed by atoms with Gasteiger partial charge in [-0.15, -0.1) is 0 Å². The van der Waals surface area contributed by atoms with Crippen LogP contribution in [0.2, 0.25) is 0 Å². The molecule has 0 spiro atoms. The van der Waals surface area contributed by atoms with Gasteiger partial charge in [-0.05, 0) is 18.4 Å². The maximum atomic E-state index is 9.65. The van der Waals surface area contributed by atoms with Gasteiger partial charge in [-0.1, -0.05) is 42.0 Å². The van der Waals surface area contributed by atoms with Gasteiger partial charge in [0.05, 0.1) is 6.10 Å². The highest BCUT2D eigenvalue weighted by Crippen LogP contribution is 2.30. The predicted octanol–water partition coefficient (Wildman–Crippen LogP) is 2.44. The average Bonchev–Trinajstić information content (AvgIpc) is 2.90. The molecule has 1 aromatic carbocycles. The third kappa shape index (κ3) is 1.74. The molecule has 0 heterocycles. The van der Waals surface area contributed by atoms with Crippen LogP contribution in [0.3, 0.4) is 0 Å². The lowest BCUT2D eigenvalue weighted by Crippen LogP contribution is -1.91. The molecule has 0 amide bonds. The predicted molar refractivity (Wildman–Crippen MR) is 48.7 cm³/mol. The van der Waals surface area contributed by atoms with Crippen molar-refractivity contribution in [1.82, 2.24) is 0 Å². The summed E-state index contributed by atoms with van der Waals surface area (Å²) in [7, 11) is 0. The highest BCUT2D eigenvalue weighted by molar-refractivity contribution is 5.26. The van der Waals surface area contributed by atoms with Gasteiger partial charge in [-0.3, -0.25) is 0 Å². The highest BCUT2D eigenvalue weighted by Gasteiger charge is 2.13. The fourth-order valence-electron chi connectivity index (χ4n) is 1.21. The minimum atomic E-state index is -0.399. The van der Waals surface area contributed by atoms with Crippen molar-refractivity contribution in [1.29, 1.82) is 0 Å². The Balaban J connectivity index is 2.14. The summed E-state index contributed by atoms with van der Waals surface area (Å²) in [6, 6.07) is 9.75. The molecule has 62 valence electrons. The molecule has 2 rings (SSSR count). The van der Waals surface area contributed by atoms with Crippen LogP contribution < -0.4 is 0 Å². The van der Waals surface area contributed by atoms with E-state index in [9.17, 15) is 5.11 Å². The zero-order chi connectivity index (χ0) is 8.39. The van der Waals surface area contributed by atoms with Crippen LogP contribution in [0.4, 0.5) is 0 Å². The molecule has 1 aliphatic rings. The van der Waals surface area contributed by atoms with E-state index in [4.69, 9.17) is 0 Å². The number of hydrogen-bond donors (Lipinski definition) is 1. The zero-order valence-electron chi connectivity index (χ0n) is 6.90. The van der Waals surface area contributed by atoms with Crippen molar-refractivity contribution in [2.45, 2.75) is 18.9 Å². The van der Waals surface area contributed by atoms with Gasteiger partial charge in [0.1, 0.15) is 0 Å². The summed E-state index contributed by atoms with van der Waals surface area (Å²) in [4.78, 5) is 0. The molecule has 0 bridgehead atoms. The molecule has 1 aromatic rings. The fraction of sp³-hybridized carbons (Fsp3) is 0.273. The van der Waals surface area contributed by atoms with Crippen molar-refractivity contribution in [3.63, 3.8) is 0 Å². The standard InChI is InChI=1S/C11H12O/c12-11(8-9-6-7-9)10-4-2-1-3-5-10/h1-5,8,11-12H,6-7H2. The van der Waals surface area contributed by atoms with Crippen molar-refractivity contribution >= 4 is 0 Å². The van der Waals surface area contributed by atoms with Crippen LogP contribution in [0.1, 0.15) is 24.5 Å².